The second kappa shape index (κ2) is 9.01. The van der Waals surface area contributed by atoms with E-state index in [1.165, 1.54) is 0 Å². The van der Waals surface area contributed by atoms with Crippen LogP contribution in [0.4, 0.5) is 0 Å². The molecule has 0 radical (unpaired) electrons. The van der Waals surface area contributed by atoms with E-state index in [1.807, 2.05) is 13.8 Å². The van der Waals surface area contributed by atoms with Crippen LogP contribution in [0, 0.1) is 0 Å². The van der Waals surface area contributed by atoms with Crippen molar-refractivity contribution in [2.24, 2.45) is 0 Å². The maximum Gasteiger partial charge on any atom is 0.242 e. The first-order valence-corrected chi connectivity index (χ1v) is 8.17. The zero-order chi connectivity index (χ0) is 16.7. The summed E-state index contributed by atoms with van der Waals surface area (Å²) in [7, 11) is 0. The lowest BCUT2D eigenvalue weighted by molar-refractivity contribution is -0.140. The largest absolute Gasteiger partial charge is 0.355 e. The Morgan fingerprint density at radius 1 is 1.27 bits per heavy atom. The molecule has 1 N–H and O–H groups in total. The van der Waals surface area contributed by atoms with E-state index < -0.39 is 6.04 Å². The predicted octanol–water partition coefficient (Wildman–Crippen LogP) is 3.65. The highest BCUT2D eigenvalue weighted by molar-refractivity contribution is 6.35. The van der Waals surface area contributed by atoms with Crippen LogP contribution in [-0.4, -0.2) is 29.3 Å². The number of amides is 2. The Hall–Kier alpha value is -1.26. The Kier molecular flexibility index (Phi) is 7.69. The van der Waals surface area contributed by atoms with Crippen molar-refractivity contribution in [3.63, 3.8) is 0 Å². The summed E-state index contributed by atoms with van der Waals surface area (Å²) in [6.07, 6.45) is 1.13. The van der Waals surface area contributed by atoms with Crippen LogP contribution in [0.5, 0.6) is 0 Å². The number of rotatable bonds is 7. The summed E-state index contributed by atoms with van der Waals surface area (Å²) < 4.78 is 0. The van der Waals surface area contributed by atoms with Crippen molar-refractivity contribution < 1.29 is 9.59 Å². The third kappa shape index (κ3) is 5.18. The average Bonchev–Trinajstić information content (AvgIpc) is 2.46. The fraction of sp³-hybridized carbons (Fsp3) is 0.500. The third-order valence-electron chi connectivity index (χ3n) is 3.34. The lowest BCUT2D eigenvalue weighted by atomic mass is 10.1. The Bertz CT molecular complexity index is 535. The van der Waals surface area contributed by atoms with Crippen molar-refractivity contribution in [2.75, 3.05) is 6.54 Å². The summed E-state index contributed by atoms with van der Waals surface area (Å²) in [5, 5.41) is 3.77. The molecule has 0 unspecified atom stereocenters. The molecule has 0 bridgehead atoms. The molecule has 0 aliphatic carbocycles. The fourth-order valence-electron chi connectivity index (χ4n) is 2.10. The highest BCUT2D eigenvalue weighted by Crippen LogP contribution is 2.23. The van der Waals surface area contributed by atoms with Gasteiger partial charge >= 0.3 is 0 Å². The zero-order valence-electron chi connectivity index (χ0n) is 13.2. The first kappa shape index (κ1) is 18.8. The van der Waals surface area contributed by atoms with E-state index in [4.69, 9.17) is 23.2 Å². The van der Waals surface area contributed by atoms with Crippen LogP contribution < -0.4 is 5.32 Å². The van der Waals surface area contributed by atoms with Crippen LogP contribution in [0.1, 0.15) is 39.2 Å². The van der Waals surface area contributed by atoms with Gasteiger partial charge in [-0.2, -0.15) is 0 Å². The van der Waals surface area contributed by atoms with Gasteiger partial charge in [0.15, 0.2) is 0 Å². The van der Waals surface area contributed by atoms with Gasteiger partial charge in [0.25, 0.3) is 0 Å². The molecule has 1 aromatic rings. The molecule has 0 saturated carbocycles. The maximum absolute atomic E-state index is 12.4. The summed E-state index contributed by atoms with van der Waals surface area (Å²) in [5.41, 5.74) is 0.770. The maximum atomic E-state index is 12.4. The molecule has 0 aliphatic heterocycles. The molecule has 0 spiro atoms. The minimum absolute atomic E-state index is 0.0627. The van der Waals surface area contributed by atoms with Gasteiger partial charge in [-0.05, 0) is 38.0 Å². The van der Waals surface area contributed by atoms with Gasteiger partial charge in [-0.25, -0.2) is 0 Å². The second-order valence-corrected chi connectivity index (χ2v) is 5.92. The fourth-order valence-corrected chi connectivity index (χ4v) is 2.56. The van der Waals surface area contributed by atoms with Gasteiger partial charge < -0.3 is 10.2 Å². The van der Waals surface area contributed by atoms with Crippen LogP contribution in [0.3, 0.4) is 0 Å². The highest BCUT2D eigenvalue weighted by Gasteiger charge is 2.25. The van der Waals surface area contributed by atoms with E-state index >= 15 is 0 Å². The van der Waals surface area contributed by atoms with Crippen molar-refractivity contribution in [1.29, 1.82) is 0 Å². The van der Waals surface area contributed by atoms with E-state index in [2.05, 4.69) is 5.32 Å². The first-order chi connectivity index (χ1) is 10.4. The molecular formula is C16H22Cl2N2O2. The van der Waals surface area contributed by atoms with Gasteiger partial charge in [-0.3, -0.25) is 9.59 Å². The summed E-state index contributed by atoms with van der Waals surface area (Å²) >= 11 is 12.1. The smallest absolute Gasteiger partial charge is 0.242 e. The number of nitrogens with zero attached hydrogens (tertiary/aromatic N) is 1. The number of benzene rings is 1. The van der Waals surface area contributed by atoms with Gasteiger partial charge in [0.2, 0.25) is 11.8 Å². The predicted molar refractivity (Wildman–Crippen MR) is 90.1 cm³/mol. The minimum atomic E-state index is -0.550. The first-order valence-electron chi connectivity index (χ1n) is 7.41. The standard InChI is InChI=1S/C16H22Cl2N2O2/c1-4-6-15(21)20(11(3)16(22)19-5-2)10-12-7-8-13(17)9-14(12)18/h7-9,11H,4-6,10H2,1-3H3,(H,19,22)/t11-/m0/s1. The van der Waals surface area contributed by atoms with Gasteiger partial charge in [0.1, 0.15) is 6.04 Å². The molecule has 0 heterocycles. The Balaban J connectivity index is 2.99. The molecule has 4 nitrogen and oxygen atoms in total. The molecular weight excluding hydrogens is 323 g/mol. The number of halogens is 2. The molecule has 0 aliphatic rings. The molecule has 1 rings (SSSR count). The molecule has 22 heavy (non-hydrogen) atoms. The monoisotopic (exact) mass is 344 g/mol. The summed E-state index contributed by atoms with van der Waals surface area (Å²) in [6, 6.07) is 4.59. The Morgan fingerprint density at radius 2 is 1.95 bits per heavy atom. The van der Waals surface area contributed by atoms with E-state index in [0.29, 0.717) is 23.0 Å². The molecule has 1 atom stereocenters. The Morgan fingerprint density at radius 3 is 2.50 bits per heavy atom. The van der Waals surface area contributed by atoms with Crippen LogP contribution in [0.2, 0.25) is 10.0 Å². The molecule has 1 aromatic carbocycles. The van der Waals surface area contributed by atoms with Gasteiger partial charge in [0.05, 0.1) is 0 Å². The van der Waals surface area contributed by atoms with Crippen molar-refractivity contribution in [3.05, 3.63) is 33.8 Å². The normalized spacial score (nSPS) is 11.9. The number of hydrogen-bond acceptors (Lipinski definition) is 2. The molecule has 122 valence electrons. The Labute approximate surface area is 141 Å². The van der Waals surface area contributed by atoms with Crippen molar-refractivity contribution in [2.45, 2.75) is 46.2 Å². The molecule has 6 heteroatoms. The summed E-state index contributed by atoms with van der Waals surface area (Å²) in [5.74, 6) is -0.232. The van der Waals surface area contributed by atoms with Crippen molar-refractivity contribution >= 4 is 35.0 Å². The zero-order valence-corrected chi connectivity index (χ0v) is 14.7. The van der Waals surface area contributed by atoms with Crippen molar-refractivity contribution in [3.8, 4) is 0 Å². The molecule has 0 saturated heterocycles. The van der Waals surface area contributed by atoms with Crippen LogP contribution in [-0.2, 0) is 16.1 Å². The van der Waals surface area contributed by atoms with Gasteiger partial charge in [-0.1, -0.05) is 36.2 Å². The third-order valence-corrected chi connectivity index (χ3v) is 3.92. The lowest BCUT2D eigenvalue weighted by Crippen LogP contribution is -2.47. The van der Waals surface area contributed by atoms with Gasteiger partial charge in [-0.15, -0.1) is 0 Å². The SMILES string of the molecule is CCCC(=O)N(Cc1ccc(Cl)cc1Cl)[C@@H](C)C(=O)NCC. The molecule has 2 amide bonds. The second-order valence-electron chi connectivity index (χ2n) is 5.08. The number of carbonyl (C=O) groups is 2. The highest BCUT2D eigenvalue weighted by atomic mass is 35.5. The number of nitrogens with one attached hydrogen (secondary N) is 1. The summed E-state index contributed by atoms with van der Waals surface area (Å²) in [4.78, 5) is 26.0. The van der Waals surface area contributed by atoms with Crippen LogP contribution in [0.15, 0.2) is 18.2 Å². The average molecular weight is 345 g/mol. The summed E-state index contributed by atoms with van der Waals surface area (Å²) in [6.45, 7) is 6.32. The van der Waals surface area contributed by atoms with Gasteiger partial charge in [0, 0.05) is 29.6 Å². The quantitative estimate of drug-likeness (QED) is 0.820. The topological polar surface area (TPSA) is 49.4 Å². The molecule has 0 aromatic heterocycles. The number of likely N-dealkylation sites (N-methyl/N-ethyl adjacent to an activating group) is 1. The van der Waals surface area contributed by atoms with E-state index in [9.17, 15) is 9.59 Å². The molecule has 0 fully saturated rings. The van der Waals surface area contributed by atoms with Crippen LogP contribution in [0.25, 0.3) is 0 Å². The van der Waals surface area contributed by atoms with Crippen molar-refractivity contribution in [1.82, 2.24) is 10.2 Å². The van der Waals surface area contributed by atoms with Crippen LogP contribution >= 0.6 is 23.2 Å². The van der Waals surface area contributed by atoms with E-state index in [-0.39, 0.29) is 18.4 Å². The van der Waals surface area contributed by atoms with E-state index in [0.717, 1.165) is 12.0 Å². The number of hydrogen-bond donors (Lipinski definition) is 1. The number of carbonyl (C=O) groups excluding carboxylic acids is 2. The minimum Gasteiger partial charge on any atom is -0.355 e. The lowest BCUT2D eigenvalue weighted by Gasteiger charge is -2.29. The van der Waals surface area contributed by atoms with E-state index in [1.54, 1.807) is 30.0 Å².